The van der Waals surface area contributed by atoms with Crippen molar-refractivity contribution in [1.29, 1.82) is 0 Å². The Bertz CT molecular complexity index is 389. The van der Waals surface area contributed by atoms with Crippen LogP contribution in [0.3, 0.4) is 0 Å². The van der Waals surface area contributed by atoms with Crippen LogP contribution in [0.4, 0.5) is 0 Å². The van der Waals surface area contributed by atoms with Gasteiger partial charge >= 0.3 is 0 Å². The molecule has 0 spiro atoms. The topological polar surface area (TPSA) is 32.3 Å². The molecule has 2 rings (SSSR count). The van der Waals surface area contributed by atoms with E-state index in [0.717, 1.165) is 6.54 Å². The summed E-state index contributed by atoms with van der Waals surface area (Å²) in [6, 6.07) is 2.08. The van der Waals surface area contributed by atoms with Crippen LogP contribution in [0.2, 0.25) is 0 Å². The first-order valence-electron chi connectivity index (χ1n) is 5.63. The van der Waals surface area contributed by atoms with Crippen molar-refractivity contribution in [3.05, 3.63) is 22.4 Å². The van der Waals surface area contributed by atoms with E-state index in [1.807, 2.05) is 4.90 Å². The standard InChI is InChI=1S/C12H18N2OS2/c1-12(2,16-3)8-14-10(15)6-13-11(14)9-4-5-17-7-9/h4-5,7,11,13H,6,8H2,1-3H3. The second kappa shape index (κ2) is 5.00. The number of hydrogen-bond acceptors (Lipinski definition) is 4. The fraction of sp³-hybridized carbons (Fsp3) is 0.583. The van der Waals surface area contributed by atoms with Crippen molar-refractivity contribution in [1.82, 2.24) is 10.2 Å². The molecular formula is C12H18N2OS2. The minimum Gasteiger partial charge on any atom is -0.320 e. The number of thioether (sulfide) groups is 1. The summed E-state index contributed by atoms with van der Waals surface area (Å²) < 4.78 is 0.0932. The molecule has 1 amide bonds. The van der Waals surface area contributed by atoms with Gasteiger partial charge < -0.3 is 4.90 Å². The van der Waals surface area contributed by atoms with Crippen molar-refractivity contribution < 1.29 is 4.79 Å². The van der Waals surface area contributed by atoms with E-state index in [0.29, 0.717) is 6.54 Å². The van der Waals surface area contributed by atoms with Crippen molar-refractivity contribution in [2.24, 2.45) is 0 Å². The van der Waals surface area contributed by atoms with E-state index in [4.69, 9.17) is 0 Å². The summed E-state index contributed by atoms with van der Waals surface area (Å²) in [6.45, 7) is 5.58. The Balaban J connectivity index is 2.15. The molecular weight excluding hydrogens is 252 g/mol. The Morgan fingerprint density at radius 2 is 2.41 bits per heavy atom. The third kappa shape index (κ3) is 2.84. The molecule has 1 aliphatic rings. The molecule has 1 unspecified atom stereocenters. The molecule has 1 fully saturated rings. The Kier molecular flexibility index (Phi) is 3.80. The highest BCUT2D eigenvalue weighted by Crippen LogP contribution is 2.30. The van der Waals surface area contributed by atoms with Crippen molar-refractivity contribution in [2.45, 2.75) is 24.8 Å². The van der Waals surface area contributed by atoms with Gasteiger partial charge in [0.1, 0.15) is 6.17 Å². The lowest BCUT2D eigenvalue weighted by molar-refractivity contribution is -0.128. The first-order valence-corrected chi connectivity index (χ1v) is 7.80. The zero-order chi connectivity index (χ0) is 12.5. The maximum Gasteiger partial charge on any atom is 0.238 e. The molecule has 2 heterocycles. The molecule has 0 aromatic carbocycles. The lowest BCUT2D eigenvalue weighted by Crippen LogP contribution is -2.39. The first kappa shape index (κ1) is 12.9. The van der Waals surface area contributed by atoms with E-state index < -0.39 is 0 Å². The van der Waals surface area contributed by atoms with Gasteiger partial charge in [-0.25, -0.2) is 0 Å². The number of nitrogens with one attached hydrogen (secondary N) is 1. The van der Waals surface area contributed by atoms with Gasteiger partial charge in [0.2, 0.25) is 5.91 Å². The fourth-order valence-corrected chi connectivity index (χ4v) is 2.87. The van der Waals surface area contributed by atoms with Crippen molar-refractivity contribution in [2.75, 3.05) is 19.3 Å². The molecule has 94 valence electrons. The number of thiophene rings is 1. The Morgan fingerprint density at radius 1 is 1.65 bits per heavy atom. The maximum absolute atomic E-state index is 11.9. The third-order valence-corrected chi connectivity index (χ3v) is 4.98. The minimum absolute atomic E-state index is 0.0557. The van der Waals surface area contributed by atoms with E-state index in [1.54, 1.807) is 23.1 Å². The second-order valence-corrected chi connectivity index (χ2v) is 7.12. The van der Waals surface area contributed by atoms with E-state index in [2.05, 4.69) is 42.2 Å². The molecule has 1 aliphatic heterocycles. The minimum atomic E-state index is 0.0557. The largest absolute Gasteiger partial charge is 0.320 e. The highest BCUT2D eigenvalue weighted by molar-refractivity contribution is 7.99. The van der Waals surface area contributed by atoms with Gasteiger partial charge in [0, 0.05) is 11.3 Å². The molecule has 0 bridgehead atoms. The molecule has 0 saturated carbocycles. The number of rotatable bonds is 4. The summed E-state index contributed by atoms with van der Waals surface area (Å²) in [5.41, 5.74) is 1.19. The molecule has 1 aromatic rings. The van der Waals surface area contributed by atoms with Crippen molar-refractivity contribution >= 4 is 29.0 Å². The van der Waals surface area contributed by atoms with Gasteiger partial charge in [0.25, 0.3) is 0 Å². The van der Waals surface area contributed by atoms with Crippen LogP contribution < -0.4 is 5.32 Å². The predicted molar refractivity (Wildman–Crippen MR) is 74.4 cm³/mol. The predicted octanol–water partition coefficient (Wildman–Crippen LogP) is 2.32. The van der Waals surface area contributed by atoms with Crippen molar-refractivity contribution in [3.8, 4) is 0 Å². The van der Waals surface area contributed by atoms with Gasteiger partial charge in [-0.15, -0.1) is 0 Å². The quantitative estimate of drug-likeness (QED) is 0.911. The van der Waals surface area contributed by atoms with Crippen LogP contribution in [0.15, 0.2) is 16.8 Å². The summed E-state index contributed by atoms with van der Waals surface area (Å²) in [7, 11) is 0. The SMILES string of the molecule is CSC(C)(C)CN1C(=O)CNC1c1ccsc1. The van der Waals surface area contributed by atoms with Gasteiger partial charge in [-0.05, 0) is 42.5 Å². The zero-order valence-corrected chi connectivity index (χ0v) is 12.0. The Hall–Kier alpha value is -0.520. The van der Waals surface area contributed by atoms with Gasteiger partial charge in [-0.2, -0.15) is 23.1 Å². The molecule has 3 nitrogen and oxygen atoms in total. The molecule has 0 aliphatic carbocycles. The lowest BCUT2D eigenvalue weighted by Gasteiger charge is -2.32. The van der Waals surface area contributed by atoms with Crippen LogP contribution >= 0.6 is 23.1 Å². The fourth-order valence-electron chi connectivity index (χ4n) is 1.92. The molecule has 1 aromatic heterocycles. The van der Waals surface area contributed by atoms with Gasteiger partial charge in [-0.1, -0.05) is 0 Å². The zero-order valence-electron chi connectivity index (χ0n) is 10.4. The van der Waals surface area contributed by atoms with Crippen LogP contribution in [-0.2, 0) is 4.79 Å². The summed E-state index contributed by atoms with van der Waals surface area (Å²) >= 11 is 3.47. The highest BCUT2D eigenvalue weighted by Gasteiger charge is 2.35. The van der Waals surface area contributed by atoms with Gasteiger partial charge in [-0.3, -0.25) is 10.1 Å². The monoisotopic (exact) mass is 270 g/mol. The Morgan fingerprint density at radius 3 is 3.00 bits per heavy atom. The third-order valence-electron chi connectivity index (χ3n) is 3.04. The van der Waals surface area contributed by atoms with E-state index >= 15 is 0 Å². The maximum atomic E-state index is 11.9. The number of hydrogen-bond donors (Lipinski definition) is 1. The number of nitrogens with zero attached hydrogens (tertiary/aromatic N) is 1. The van der Waals surface area contributed by atoms with Crippen LogP contribution in [-0.4, -0.2) is 34.9 Å². The summed E-state index contributed by atoms with van der Waals surface area (Å²) in [6.07, 6.45) is 2.15. The highest BCUT2D eigenvalue weighted by atomic mass is 32.2. The molecule has 0 radical (unpaired) electrons. The van der Waals surface area contributed by atoms with E-state index in [-0.39, 0.29) is 16.8 Å². The second-order valence-electron chi connectivity index (χ2n) is 4.83. The lowest BCUT2D eigenvalue weighted by atomic mass is 10.1. The van der Waals surface area contributed by atoms with Gasteiger partial charge in [0.15, 0.2) is 0 Å². The van der Waals surface area contributed by atoms with E-state index in [1.165, 1.54) is 5.56 Å². The summed E-state index contributed by atoms with van der Waals surface area (Å²) in [5, 5.41) is 7.44. The molecule has 17 heavy (non-hydrogen) atoms. The van der Waals surface area contributed by atoms with Crippen LogP contribution in [0.1, 0.15) is 25.6 Å². The normalized spacial score (nSPS) is 21.2. The first-order chi connectivity index (χ1) is 8.03. The molecule has 1 atom stereocenters. The summed E-state index contributed by atoms with van der Waals surface area (Å²) in [5.74, 6) is 0.198. The molecule has 1 saturated heterocycles. The van der Waals surface area contributed by atoms with E-state index in [9.17, 15) is 4.79 Å². The van der Waals surface area contributed by atoms with Crippen molar-refractivity contribution in [3.63, 3.8) is 0 Å². The molecule has 5 heteroatoms. The number of amides is 1. The smallest absolute Gasteiger partial charge is 0.238 e. The Labute approximate surface area is 111 Å². The van der Waals surface area contributed by atoms with Crippen LogP contribution in [0, 0.1) is 0 Å². The number of carbonyl (C=O) groups excluding carboxylic acids is 1. The molecule has 1 N–H and O–H groups in total. The van der Waals surface area contributed by atoms with Crippen LogP contribution in [0.5, 0.6) is 0 Å². The summed E-state index contributed by atoms with van der Waals surface area (Å²) in [4.78, 5) is 13.9. The average molecular weight is 270 g/mol. The average Bonchev–Trinajstić information content (AvgIpc) is 2.90. The van der Waals surface area contributed by atoms with Gasteiger partial charge in [0.05, 0.1) is 6.54 Å². The van der Waals surface area contributed by atoms with Crippen LogP contribution in [0.25, 0.3) is 0 Å². The number of carbonyl (C=O) groups is 1.